The number of benzene rings is 2. The summed E-state index contributed by atoms with van der Waals surface area (Å²) in [7, 11) is 0. The summed E-state index contributed by atoms with van der Waals surface area (Å²) in [6.07, 6.45) is 1.46. The number of nitrogens with zero attached hydrogens (tertiary/aromatic N) is 1. The number of carbonyl (C=O) groups is 1. The minimum Gasteiger partial charge on any atom is -0.488 e. The molecule has 0 aromatic heterocycles. The molecule has 0 aliphatic heterocycles. The molecule has 5 nitrogen and oxygen atoms in total. The molecule has 0 atom stereocenters. The van der Waals surface area contributed by atoms with Gasteiger partial charge in [0.25, 0.3) is 0 Å². The Hall–Kier alpha value is -2.53. The minimum absolute atomic E-state index is 0.341. The third-order valence-electron chi connectivity index (χ3n) is 2.64. The van der Waals surface area contributed by atoms with Crippen LogP contribution >= 0.6 is 11.6 Å². The van der Waals surface area contributed by atoms with Crippen LogP contribution in [0.15, 0.2) is 53.6 Å². The molecule has 6 heteroatoms. The lowest BCUT2D eigenvalue weighted by Gasteiger charge is -2.09. The fraction of sp³-hybridized carbons (Fsp3) is 0.0667. The Morgan fingerprint density at radius 3 is 2.71 bits per heavy atom. The molecule has 0 fully saturated rings. The minimum atomic E-state index is -0.722. The van der Waals surface area contributed by atoms with E-state index in [4.69, 9.17) is 22.1 Å². The van der Waals surface area contributed by atoms with Gasteiger partial charge in [0.2, 0.25) is 0 Å². The monoisotopic (exact) mass is 303 g/mol. The zero-order chi connectivity index (χ0) is 15.1. The van der Waals surface area contributed by atoms with Gasteiger partial charge in [0.1, 0.15) is 12.4 Å². The lowest BCUT2D eigenvalue weighted by molar-refractivity contribution is 0.249. The second-order valence-electron chi connectivity index (χ2n) is 4.15. The van der Waals surface area contributed by atoms with Crippen LogP contribution in [-0.4, -0.2) is 12.2 Å². The average Bonchev–Trinajstić information content (AvgIpc) is 2.47. The number of rotatable bonds is 5. The predicted molar refractivity (Wildman–Crippen MR) is 82.5 cm³/mol. The third kappa shape index (κ3) is 4.50. The molecule has 21 heavy (non-hydrogen) atoms. The number of primary amides is 1. The quantitative estimate of drug-likeness (QED) is 0.658. The first kappa shape index (κ1) is 14.9. The molecule has 0 bridgehead atoms. The number of nitrogens with two attached hydrogens (primary N) is 1. The van der Waals surface area contributed by atoms with Gasteiger partial charge in [-0.25, -0.2) is 10.2 Å². The number of halogens is 1. The first-order chi connectivity index (χ1) is 10.2. The van der Waals surface area contributed by atoms with Crippen molar-refractivity contribution >= 4 is 23.8 Å². The smallest absolute Gasteiger partial charge is 0.332 e. The number of hydrogen-bond donors (Lipinski definition) is 2. The van der Waals surface area contributed by atoms with Crippen LogP contribution in [0, 0.1) is 0 Å². The summed E-state index contributed by atoms with van der Waals surface area (Å²) in [4.78, 5) is 10.6. The second kappa shape index (κ2) is 7.31. The molecule has 2 rings (SSSR count). The summed E-state index contributed by atoms with van der Waals surface area (Å²) in [6, 6.07) is 14.1. The standard InChI is InChI=1S/C15H14ClN3O2/c16-13-7-3-1-6-12(13)10-21-14-8-4-2-5-11(14)9-18-19-15(17)20/h1-9H,10H2,(H3,17,19,20)/b18-9-. The van der Waals surface area contributed by atoms with E-state index in [0.717, 1.165) is 11.1 Å². The lowest BCUT2D eigenvalue weighted by atomic mass is 10.2. The van der Waals surface area contributed by atoms with E-state index in [-0.39, 0.29) is 0 Å². The molecule has 2 aromatic carbocycles. The molecular weight excluding hydrogens is 290 g/mol. The molecule has 0 spiro atoms. The molecule has 0 unspecified atom stereocenters. The number of nitrogens with one attached hydrogen (secondary N) is 1. The molecule has 2 amide bonds. The maximum Gasteiger partial charge on any atom is 0.332 e. The topological polar surface area (TPSA) is 76.7 Å². The molecule has 0 saturated carbocycles. The van der Waals surface area contributed by atoms with Crippen LogP contribution < -0.4 is 15.9 Å². The Bertz CT molecular complexity index is 659. The van der Waals surface area contributed by atoms with Gasteiger partial charge in [-0.3, -0.25) is 0 Å². The second-order valence-corrected chi connectivity index (χ2v) is 4.56. The number of hydrazone groups is 1. The highest BCUT2D eigenvalue weighted by molar-refractivity contribution is 6.31. The van der Waals surface area contributed by atoms with Crippen LogP contribution in [0.5, 0.6) is 5.75 Å². The Morgan fingerprint density at radius 1 is 1.24 bits per heavy atom. The predicted octanol–water partition coefficient (Wildman–Crippen LogP) is 2.92. The molecule has 2 aromatic rings. The van der Waals surface area contributed by atoms with Crippen molar-refractivity contribution in [2.24, 2.45) is 10.8 Å². The zero-order valence-electron chi connectivity index (χ0n) is 11.1. The van der Waals surface area contributed by atoms with E-state index in [1.54, 1.807) is 0 Å². The average molecular weight is 304 g/mol. The number of amides is 2. The van der Waals surface area contributed by atoms with Crippen LogP contribution in [0.1, 0.15) is 11.1 Å². The number of para-hydroxylation sites is 1. The van der Waals surface area contributed by atoms with Gasteiger partial charge in [-0.2, -0.15) is 5.10 Å². The van der Waals surface area contributed by atoms with Crippen molar-refractivity contribution in [1.29, 1.82) is 0 Å². The van der Waals surface area contributed by atoms with Crippen LogP contribution in [0.3, 0.4) is 0 Å². The summed E-state index contributed by atoms with van der Waals surface area (Å²) in [5.41, 5.74) is 8.68. The Balaban J connectivity index is 2.08. The van der Waals surface area contributed by atoms with Crippen molar-refractivity contribution < 1.29 is 9.53 Å². The molecule has 0 aliphatic carbocycles. The molecule has 0 radical (unpaired) electrons. The van der Waals surface area contributed by atoms with E-state index < -0.39 is 6.03 Å². The molecule has 108 valence electrons. The van der Waals surface area contributed by atoms with Crippen LogP contribution in [0.25, 0.3) is 0 Å². The number of ether oxygens (including phenoxy) is 1. The SMILES string of the molecule is NC(=O)N/N=C\c1ccccc1OCc1ccccc1Cl. The van der Waals surface area contributed by atoms with E-state index in [2.05, 4.69) is 10.5 Å². The first-order valence-electron chi connectivity index (χ1n) is 6.20. The van der Waals surface area contributed by atoms with Gasteiger partial charge in [0.05, 0.1) is 6.21 Å². The fourth-order valence-electron chi connectivity index (χ4n) is 1.66. The molecule has 0 saturated heterocycles. The highest BCUT2D eigenvalue weighted by atomic mass is 35.5. The maximum atomic E-state index is 10.6. The van der Waals surface area contributed by atoms with Crippen LogP contribution in [0.4, 0.5) is 4.79 Å². The summed E-state index contributed by atoms with van der Waals surface area (Å²) in [5, 5.41) is 4.37. The summed E-state index contributed by atoms with van der Waals surface area (Å²) >= 11 is 6.08. The summed E-state index contributed by atoms with van der Waals surface area (Å²) in [6.45, 7) is 0.341. The Kier molecular flexibility index (Phi) is 5.17. The maximum absolute atomic E-state index is 10.6. The lowest BCUT2D eigenvalue weighted by Crippen LogP contribution is -2.24. The van der Waals surface area contributed by atoms with Crippen molar-refractivity contribution in [3.05, 3.63) is 64.7 Å². The van der Waals surface area contributed by atoms with Crippen molar-refractivity contribution in [3.63, 3.8) is 0 Å². The molecule has 0 heterocycles. The van der Waals surface area contributed by atoms with Gasteiger partial charge in [0, 0.05) is 16.1 Å². The zero-order valence-corrected chi connectivity index (χ0v) is 11.9. The van der Waals surface area contributed by atoms with Gasteiger partial charge in [-0.15, -0.1) is 0 Å². The van der Waals surface area contributed by atoms with Gasteiger partial charge < -0.3 is 10.5 Å². The Labute approximate surface area is 127 Å². The Morgan fingerprint density at radius 2 is 1.95 bits per heavy atom. The van der Waals surface area contributed by atoms with E-state index in [0.29, 0.717) is 17.4 Å². The van der Waals surface area contributed by atoms with E-state index in [1.807, 2.05) is 48.5 Å². The molecule has 0 aliphatic rings. The molecule has 3 N–H and O–H groups in total. The normalized spacial score (nSPS) is 10.5. The van der Waals surface area contributed by atoms with Crippen molar-refractivity contribution in [2.75, 3.05) is 0 Å². The van der Waals surface area contributed by atoms with Crippen molar-refractivity contribution in [3.8, 4) is 5.75 Å². The summed E-state index contributed by atoms with van der Waals surface area (Å²) in [5.74, 6) is 0.632. The summed E-state index contributed by atoms with van der Waals surface area (Å²) < 4.78 is 5.74. The van der Waals surface area contributed by atoms with Crippen molar-refractivity contribution in [1.82, 2.24) is 5.43 Å². The van der Waals surface area contributed by atoms with Crippen LogP contribution in [0.2, 0.25) is 5.02 Å². The third-order valence-corrected chi connectivity index (χ3v) is 3.01. The van der Waals surface area contributed by atoms with Gasteiger partial charge in [-0.1, -0.05) is 41.9 Å². The largest absolute Gasteiger partial charge is 0.488 e. The fourth-order valence-corrected chi connectivity index (χ4v) is 1.85. The first-order valence-corrected chi connectivity index (χ1v) is 6.58. The van der Waals surface area contributed by atoms with Crippen LogP contribution in [-0.2, 0) is 6.61 Å². The van der Waals surface area contributed by atoms with E-state index >= 15 is 0 Å². The van der Waals surface area contributed by atoms with E-state index in [1.165, 1.54) is 6.21 Å². The van der Waals surface area contributed by atoms with Gasteiger partial charge >= 0.3 is 6.03 Å². The highest BCUT2D eigenvalue weighted by Gasteiger charge is 2.03. The van der Waals surface area contributed by atoms with Gasteiger partial charge in [0.15, 0.2) is 0 Å². The van der Waals surface area contributed by atoms with Gasteiger partial charge in [-0.05, 0) is 18.2 Å². The molecular formula is C15H14ClN3O2. The number of hydrogen-bond acceptors (Lipinski definition) is 3. The highest BCUT2D eigenvalue weighted by Crippen LogP contribution is 2.20. The van der Waals surface area contributed by atoms with E-state index in [9.17, 15) is 4.79 Å². The number of carbonyl (C=O) groups excluding carboxylic acids is 1. The van der Waals surface area contributed by atoms with Crippen molar-refractivity contribution in [2.45, 2.75) is 6.61 Å². The number of urea groups is 1.